The fraction of sp³-hybridized carbons (Fsp3) is 0.818. The van der Waals surface area contributed by atoms with Crippen LogP contribution in [0.1, 0.15) is 54.4 Å². The summed E-state index contributed by atoms with van der Waals surface area (Å²) < 4.78 is 0. The number of nitrogens with zero attached hydrogens (tertiary/aromatic N) is 4. The quantitative estimate of drug-likeness (QED) is 0.584. The number of rotatable bonds is 0. The second kappa shape index (κ2) is 4.83. The molecule has 0 unspecified atom stereocenters. The van der Waals surface area contributed by atoms with Crippen molar-refractivity contribution in [3.63, 3.8) is 0 Å². The van der Waals surface area contributed by atoms with Crippen LogP contribution in [0.4, 0.5) is 0 Å². The molecule has 8 atom stereocenters. The first-order valence-corrected chi connectivity index (χ1v) is 11.0. The Morgan fingerprint density at radius 2 is 1.13 bits per heavy atom. The molecule has 2 amide bonds. The molecule has 0 aromatic rings. The number of hydrazone groups is 2. The molecule has 6 rings (SSSR count). The first-order valence-electron chi connectivity index (χ1n) is 11.0. The third kappa shape index (κ3) is 1.80. The van der Waals surface area contributed by atoms with E-state index in [0.717, 1.165) is 10.0 Å². The zero-order chi connectivity index (χ0) is 21.8. The molecule has 0 aromatic heterocycles. The summed E-state index contributed by atoms with van der Waals surface area (Å²) >= 11 is 0. The van der Waals surface area contributed by atoms with Crippen molar-refractivity contribution in [2.24, 2.45) is 56.5 Å². The Kier molecular flexibility index (Phi) is 3.04. The predicted octanol–water partition coefficient (Wildman–Crippen LogP) is 1.38. The van der Waals surface area contributed by atoms with Gasteiger partial charge in [-0.2, -0.15) is 20.2 Å². The molecule has 2 aliphatic heterocycles. The van der Waals surface area contributed by atoms with Gasteiger partial charge in [-0.15, -0.1) is 0 Å². The van der Waals surface area contributed by atoms with Gasteiger partial charge in [-0.05, 0) is 48.3 Å². The van der Waals surface area contributed by atoms with Crippen LogP contribution in [0, 0.1) is 46.3 Å². The van der Waals surface area contributed by atoms with Gasteiger partial charge in [0.2, 0.25) is 0 Å². The van der Waals surface area contributed by atoms with Crippen molar-refractivity contribution in [2.45, 2.75) is 65.8 Å². The highest BCUT2D eigenvalue weighted by molar-refractivity contribution is 6.35. The first kappa shape index (κ1) is 18.9. The van der Waals surface area contributed by atoms with Crippen molar-refractivity contribution >= 4 is 23.2 Å². The third-order valence-electron chi connectivity index (χ3n) is 9.75. The first-order chi connectivity index (χ1) is 13.8. The van der Waals surface area contributed by atoms with Crippen LogP contribution in [0.5, 0.6) is 0 Å². The summed E-state index contributed by atoms with van der Waals surface area (Å²) in [6.45, 7) is 12.3. The molecule has 4 saturated carbocycles. The number of hydrogen-bond acceptors (Lipinski definition) is 6. The second-order valence-electron chi connectivity index (χ2n) is 11.7. The van der Waals surface area contributed by atoms with Gasteiger partial charge in [0.1, 0.15) is 0 Å². The lowest BCUT2D eigenvalue weighted by Crippen LogP contribution is -2.58. The molecule has 162 valence electrons. The smallest absolute Gasteiger partial charge is 0.336 e. The minimum Gasteiger partial charge on any atom is -0.368 e. The molecule has 8 heteroatoms. The molecule has 0 radical (unpaired) electrons. The van der Waals surface area contributed by atoms with Gasteiger partial charge in [0.25, 0.3) is 0 Å². The van der Waals surface area contributed by atoms with E-state index in [9.17, 15) is 19.8 Å². The third-order valence-corrected chi connectivity index (χ3v) is 9.75. The number of fused-ring (bicyclic) bond motifs is 6. The zero-order valence-electron chi connectivity index (χ0n) is 18.4. The molecule has 6 aliphatic rings. The Labute approximate surface area is 176 Å². The Morgan fingerprint density at radius 3 is 1.47 bits per heavy atom. The van der Waals surface area contributed by atoms with Crippen molar-refractivity contribution in [3.05, 3.63) is 0 Å². The molecule has 30 heavy (non-hydrogen) atoms. The van der Waals surface area contributed by atoms with Gasteiger partial charge in [-0.25, -0.2) is 0 Å². The molecule has 0 saturated heterocycles. The highest BCUT2D eigenvalue weighted by Gasteiger charge is 2.78. The highest BCUT2D eigenvalue weighted by Crippen LogP contribution is 2.74. The van der Waals surface area contributed by atoms with E-state index in [1.54, 1.807) is 0 Å². The number of amides is 2. The van der Waals surface area contributed by atoms with Crippen LogP contribution in [0.3, 0.4) is 0 Å². The number of aliphatic hydroxyl groups is 2. The van der Waals surface area contributed by atoms with Gasteiger partial charge < -0.3 is 10.2 Å². The van der Waals surface area contributed by atoms with E-state index in [1.807, 2.05) is 13.8 Å². The number of hydrogen-bond donors (Lipinski definition) is 2. The lowest BCUT2D eigenvalue weighted by atomic mass is 9.84. The lowest BCUT2D eigenvalue weighted by Gasteiger charge is -2.37. The molecule has 0 bridgehead atoms. The normalized spacial score (nSPS) is 50.4. The molecule has 4 aliphatic carbocycles. The molecular formula is C22H30N4O4. The van der Waals surface area contributed by atoms with Crippen LogP contribution < -0.4 is 0 Å². The summed E-state index contributed by atoms with van der Waals surface area (Å²) in [6, 6.07) is 0. The molecule has 2 N–H and O–H groups in total. The summed E-state index contributed by atoms with van der Waals surface area (Å²) in [5.74, 6) is -1.15. The van der Waals surface area contributed by atoms with Gasteiger partial charge in [-0.3, -0.25) is 9.59 Å². The maximum atomic E-state index is 13.3. The monoisotopic (exact) mass is 414 g/mol. The van der Waals surface area contributed by atoms with Crippen LogP contribution in [-0.2, 0) is 9.59 Å². The van der Waals surface area contributed by atoms with Crippen molar-refractivity contribution in [2.75, 3.05) is 0 Å². The average molecular weight is 415 g/mol. The molecular weight excluding hydrogens is 384 g/mol. The van der Waals surface area contributed by atoms with Crippen molar-refractivity contribution in [3.8, 4) is 0 Å². The minimum atomic E-state index is -1.46. The molecule has 8 nitrogen and oxygen atoms in total. The van der Waals surface area contributed by atoms with Crippen molar-refractivity contribution < 1.29 is 19.8 Å². The maximum absolute atomic E-state index is 13.3. The van der Waals surface area contributed by atoms with Crippen molar-refractivity contribution in [1.29, 1.82) is 0 Å². The van der Waals surface area contributed by atoms with E-state index in [0.29, 0.717) is 36.1 Å². The fourth-order valence-corrected chi connectivity index (χ4v) is 8.02. The van der Waals surface area contributed by atoms with E-state index >= 15 is 0 Å². The summed E-state index contributed by atoms with van der Waals surface area (Å²) in [6.07, 6.45) is 0.839. The largest absolute Gasteiger partial charge is 0.368 e. The lowest BCUT2D eigenvalue weighted by molar-refractivity contribution is -0.185. The average Bonchev–Trinajstić information content (AvgIpc) is 3.07. The molecule has 2 heterocycles. The number of carbonyl (C=O) groups excluding carboxylic acids is 2. The van der Waals surface area contributed by atoms with E-state index < -0.39 is 23.3 Å². The van der Waals surface area contributed by atoms with Crippen LogP contribution >= 0.6 is 0 Å². The minimum absolute atomic E-state index is 0.118. The van der Waals surface area contributed by atoms with Gasteiger partial charge in [-0.1, -0.05) is 27.7 Å². The molecule has 0 spiro atoms. The predicted molar refractivity (Wildman–Crippen MR) is 108 cm³/mol. The van der Waals surface area contributed by atoms with Gasteiger partial charge >= 0.3 is 11.8 Å². The summed E-state index contributed by atoms with van der Waals surface area (Å²) in [5.41, 5.74) is -1.29. The summed E-state index contributed by atoms with van der Waals surface area (Å²) in [4.78, 5) is 26.5. The van der Waals surface area contributed by atoms with Crippen LogP contribution in [0.25, 0.3) is 0 Å². The van der Waals surface area contributed by atoms with Crippen molar-refractivity contribution in [1.82, 2.24) is 10.0 Å². The Balaban J connectivity index is 1.28. The zero-order valence-corrected chi connectivity index (χ0v) is 18.4. The highest BCUT2D eigenvalue weighted by atomic mass is 16.3. The topological polar surface area (TPSA) is 106 Å². The van der Waals surface area contributed by atoms with E-state index in [2.05, 4.69) is 37.9 Å². The second-order valence-corrected chi connectivity index (χ2v) is 11.7. The fourth-order valence-electron chi connectivity index (χ4n) is 8.02. The Morgan fingerprint density at radius 1 is 0.800 bits per heavy atom. The van der Waals surface area contributed by atoms with E-state index in [-0.39, 0.29) is 34.5 Å². The van der Waals surface area contributed by atoms with Crippen LogP contribution in [0.15, 0.2) is 10.2 Å². The van der Waals surface area contributed by atoms with Crippen LogP contribution in [0.2, 0.25) is 0 Å². The molecule has 0 aromatic carbocycles. The van der Waals surface area contributed by atoms with E-state index in [1.165, 1.54) is 0 Å². The van der Waals surface area contributed by atoms with Gasteiger partial charge in [0.05, 0.1) is 11.8 Å². The van der Waals surface area contributed by atoms with Gasteiger partial charge in [0.15, 0.2) is 11.4 Å². The SMILES string of the molecule is CC1=NN(C(=O)C(=O)N2N=C(C)[C@@H]3[C@@H]4[C@@H](C[C@@]32O)C4(C)C)[C@@]2(O)C[C@@H]3[C@@H]([C@@H]12)C3(C)C. The summed E-state index contributed by atoms with van der Waals surface area (Å²) in [7, 11) is 0. The molecule has 4 fully saturated rings. The van der Waals surface area contributed by atoms with Crippen LogP contribution in [-0.4, -0.2) is 54.9 Å². The number of carbonyl (C=O) groups is 2. The van der Waals surface area contributed by atoms with E-state index in [4.69, 9.17) is 0 Å². The Hall–Kier alpha value is -1.80. The summed E-state index contributed by atoms with van der Waals surface area (Å²) in [5, 5.41) is 33.4. The maximum Gasteiger partial charge on any atom is 0.336 e. The standard InChI is InChI=1S/C22H30N4O4/c1-9-13-15-11(19(15,3)4)7-21(13,29)25(23-9)17(27)18(28)26-22(30)8-12-16(20(12,5)6)14(22)10(2)24-26/h11-16,29-30H,7-8H2,1-6H3/t11-,12-,13-,14-,15+,16+,21-,22-/m1/s1. The van der Waals surface area contributed by atoms with Gasteiger partial charge in [0, 0.05) is 24.3 Å². The Bertz CT molecular complexity index is 908.